The van der Waals surface area contributed by atoms with E-state index >= 15 is 0 Å². The second kappa shape index (κ2) is 11.3. The van der Waals surface area contributed by atoms with Crippen LogP contribution in [-0.4, -0.2) is 22.5 Å². The summed E-state index contributed by atoms with van der Waals surface area (Å²) in [5.74, 6) is 1.68. The van der Waals surface area contributed by atoms with E-state index in [-0.39, 0.29) is 5.56 Å². The maximum Gasteiger partial charge on any atom is 0.282 e. The summed E-state index contributed by atoms with van der Waals surface area (Å²) in [6.07, 6.45) is 1.60. The van der Waals surface area contributed by atoms with Crippen molar-refractivity contribution in [1.82, 2.24) is 9.66 Å². The van der Waals surface area contributed by atoms with Crippen LogP contribution in [0.25, 0.3) is 10.9 Å². The molecule has 6 nitrogen and oxygen atoms in total. The van der Waals surface area contributed by atoms with Gasteiger partial charge in [0.05, 0.1) is 37.3 Å². The fourth-order valence-electron chi connectivity index (χ4n) is 3.37. The minimum absolute atomic E-state index is 0.244. The molecule has 4 rings (SSSR count). The molecular weight excluding hydrogens is 668 g/mol. The molecule has 0 saturated carbocycles. The average molecular weight is 687 g/mol. The molecule has 180 valence electrons. The van der Waals surface area contributed by atoms with E-state index in [0.717, 1.165) is 19.2 Å². The Hall–Kier alpha value is -2.14. The molecule has 0 aliphatic carbocycles. The zero-order chi connectivity index (χ0) is 25.1. The zero-order valence-electron chi connectivity index (χ0n) is 18.7. The van der Waals surface area contributed by atoms with Crippen LogP contribution in [0.4, 0.5) is 0 Å². The number of fused-ring (bicyclic) bond motifs is 1. The smallest absolute Gasteiger partial charge is 0.282 e. The predicted molar refractivity (Wildman–Crippen MR) is 153 cm³/mol. The molecule has 1 aromatic heterocycles. The Morgan fingerprint density at radius 3 is 2.66 bits per heavy atom. The summed E-state index contributed by atoms with van der Waals surface area (Å²) in [5, 5.41) is 5.86. The molecule has 0 radical (unpaired) electrons. The highest BCUT2D eigenvalue weighted by Crippen LogP contribution is 2.35. The third kappa shape index (κ3) is 5.99. The van der Waals surface area contributed by atoms with E-state index in [4.69, 9.17) is 32.7 Å². The molecule has 0 spiro atoms. The van der Waals surface area contributed by atoms with E-state index in [0.29, 0.717) is 51.5 Å². The Morgan fingerprint density at radius 2 is 1.91 bits per heavy atom. The number of aromatic nitrogens is 2. The fourth-order valence-corrected chi connectivity index (χ4v) is 4.83. The number of nitrogens with zero attached hydrogens (tertiary/aromatic N) is 3. The van der Waals surface area contributed by atoms with Crippen molar-refractivity contribution < 1.29 is 9.47 Å². The van der Waals surface area contributed by atoms with Gasteiger partial charge >= 0.3 is 0 Å². The molecule has 0 amide bonds. The summed E-state index contributed by atoms with van der Waals surface area (Å²) in [4.78, 5) is 17.5. The lowest BCUT2D eigenvalue weighted by atomic mass is 10.2. The van der Waals surface area contributed by atoms with Gasteiger partial charge in [-0.2, -0.15) is 9.78 Å². The van der Waals surface area contributed by atoms with Gasteiger partial charge in [0.1, 0.15) is 12.4 Å². The van der Waals surface area contributed by atoms with Crippen molar-refractivity contribution >= 4 is 78.8 Å². The topological polar surface area (TPSA) is 65.7 Å². The first-order valence-corrected chi connectivity index (χ1v) is 13.2. The minimum atomic E-state index is -0.244. The first kappa shape index (κ1) is 25.9. The van der Waals surface area contributed by atoms with Gasteiger partial charge in [0.2, 0.25) is 0 Å². The van der Waals surface area contributed by atoms with Crippen LogP contribution in [0, 0.1) is 10.5 Å². The van der Waals surface area contributed by atoms with Crippen LogP contribution in [0.2, 0.25) is 10.0 Å². The summed E-state index contributed by atoms with van der Waals surface area (Å²) in [6, 6.07) is 14.5. The number of halogens is 4. The van der Waals surface area contributed by atoms with E-state index in [2.05, 4.69) is 48.6 Å². The van der Waals surface area contributed by atoms with Gasteiger partial charge in [-0.1, -0.05) is 45.2 Å². The van der Waals surface area contributed by atoms with Gasteiger partial charge < -0.3 is 9.47 Å². The average Bonchev–Trinajstić information content (AvgIpc) is 2.81. The molecule has 3 aromatic carbocycles. The molecule has 0 atom stereocenters. The maximum atomic E-state index is 13.0. The lowest BCUT2D eigenvalue weighted by molar-refractivity contribution is 0.267. The Bertz CT molecular complexity index is 1510. The van der Waals surface area contributed by atoms with E-state index < -0.39 is 0 Å². The number of ether oxygens (including phenoxy) is 2. The third-order valence-corrected chi connectivity index (χ3v) is 7.02. The lowest BCUT2D eigenvalue weighted by Crippen LogP contribution is -2.20. The Kier molecular flexibility index (Phi) is 8.36. The van der Waals surface area contributed by atoms with Gasteiger partial charge in [-0.05, 0) is 90.0 Å². The summed E-state index contributed by atoms with van der Waals surface area (Å²) >= 11 is 17.7. The molecule has 4 aromatic rings. The highest BCUT2D eigenvalue weighted by molar-refractivity contribution is 14.1. The number of hydrogen-bond acceptors (Lipinski definition) is 5. The molecule has 0 saturated heterocycles. The van der Waals surface area contributed by atoms with Gasteiger partial charge in [0, 0.05) is 4.47 Å². The van der Waals surface area contributed by atoms with E-state index in [1.54, 1.807) is 37.4 Å². The quantitative estimate of drug-likeness (QED) is 0.152. The standard InChI is InChI=1S/C25H19BrCl2IN3O3/c1-3-34-23-10-16(9-21(29)24(23)35-13-15-4-6-19(27)20(28)8-15)12-30-32-14(2)31-22-7-5-17(26)11-18(22)25(32)33/h4-12H,3,13H2,1-2H3. The van der Waals surface area contributed by atoms with Crippen LogP contribution in [0.15, 0.2) is 62.9 Å². The van der Waals surface area contributed by atoms with Crippen LogP contribution in [0.3, 0.4) is 0 Å². The normalized spacial score (nSPS) is 11.4. The zero-order valence-corrected chi connectivity index (χ0v) is 23.9. The lowest BCUT2D eigenvalue weighted by Gasteiger charge is -2.15. The number of rotatable bonds is 7. The van der Waals surface area contributed by atoms with Gasteiger partial charge in [-0.3, -0.25) is 4.79 Å². The second-order valence-corrected chi connectivity index (χ2v) is 10.4. The SMILES string of the molecule is CCOc1cc(C=Nn2c(C)nc3ccc(Br)cc3c2=O)cc(I)c1OCc1ccc(Cl)c(Cl)c1. The third-order valence-electron chi connectivity index (χ3n) is 4.99. The van der Waals surface area contributed by atoms with Crippen LogP contribution in [0.5, 0.6) is 11.5 Å². The van der Waals surface area contributed by atoms with Crippen molar-refractivity contribution in [2.45, 2.75) is 20.5 Å². The summed E-state index contributed by atoms with van der Waals surface area (Å²) in [6.45, 7) is 4.41. The van der Waals surface area contributed by atoms with Crippen molar-refractivity contribution in [2.24, 2.45) is 5.10 Å². The first-order chi connectivity index (χ1) is 16.8. The van der Waals surface area contributed by atoms with Gasteiger partial charge in [0.25, 0.3) is 5.56 Å². The van der Waals surface area contributed by atoms with E-state index in [1.807, 2.05) is 31.2 Å². The van der Waals surface area contributed by atoms with Gasteiger partial charge in [-0.15, -0.1) is 0 Å². The summed E-state index contributed by atoms with van der Waals surface area (Å²) < 4.78 is 14.8. The van der Waals surface area contributed by atoms with Crippen molar-refractivity contribution in [2.75, 3.05) is 6.61 Å². The molecule has 1 heterocycles. The Labute approximate surface area is 234 Å². The molecule has 10 heteroatoms. The minimum Gasteiger partial charge on any atom is -0.490 e. The van der Waals surface area contributed by atoms with Crippen molar-refractivity contribution in [1.29, 1.82) is 0 Å². The Balaban J connectivity index is 1.65. The van der Waals surface area contributed by atoms with Crippen LogP contribution in [-0.2, 0) is 6.61 Å². The molecular formula is C25H19BrCl2IN3O3. The van der Waals surface area contributed by atoms with Gasteiger partial charge in [0.15, 0.2) is 11.5 Å². The van der Waals surface area contributed by atoms with Crippen LogP contribution >= 0.6 is 61.7 Å². The Morgan fingerprint density at radius 1 is 1.11 bits per heavy atom. The highest BCUT2D eigenvalue weighted by atomic mass is 127. The van der Waals surface area contributed by atoms with E-state index in [1.165, 1.54) is 4.68 Å². The summed E-state index contributed by atoms with van der Waals surface area (Å²) in [5.41, 5.74) is 2.01. The maximum absolute atomic E-state index is 13.0. The molecule has 35 heavy (non-hydrogen) atoms. The van der Waals surface area contributed by atoms with Crippen molar-refractivity contribution in [3.8, 4) is 11.5 Å². The molecule has 0 aliphatic heterocycles. The van der Waals surface area contributed by atoms with Crippen LogP contribution < -0.4 is 15.0 Å². The van der Waals surface area contributed by atoms with E-state index in [9.17, 15) is 4.79 Å². The van der Waals surface area contributed by atoms with Crippen LogP contribution in [0.1, 0.15) is 23.9 Å². The fraction of sp³-hybridized carbons (Fsp3) is 0.160. The largest absolute Gasteiger partial charge is 0.490 e. The number of benzene rings is 3. The molecule has 0 N–H and O–H groups in total. The number of hydrogen-bond donors (Lipinski definition) is 0. The summed E-state index contributed by atoms with van der Waals surface area (Å²) in [7, 11) is 0. The second-order valence-electron chi connectivity index (χ2n) is 7.48. The molecule has 0 bridgehead atoms. The monoisotopic (exact) mass is 685 g/mol. The molecule has 0 aliphatic rings. The predicted octanol–water partition coefficient (Wildman–Crippen LogP) is 7.24. The highest BCUT2D eigenvalue weighted by Gasteiger charge is 2.13. The van der Waals surface area contributed by atoms with Gasteiger partial charge in [-0.25, -0.2) is 4.98 Å². The molecule has 0 fully saturated rings. The molecule has 0 unspecified atom stereocenters. The van der Waals surface area contributed by atoms with Crippen molar-refractivity contribution in [3.63, 3.8) is 0 Å². The number of aryl methyl sites for hydroxylation is 1. The first-order valence-electron chi connectivity index (χ1n) is 10.5. The van der Waals surface area contributed by atoms with Crippen molar-refractivity contribution in [3.05, 3.63) is 93.9 Å².